The van der Waals surface area contributed by atoms with Gasteiger partial charge in [-0.3, -0.25) is 14.4 Å². The van der Waals surface area contributed by atoms with Gasteiger partial charge in [0.05, 0.1) is 17.3 Å². The molecule has 3 aliphatic rings. The Balaban J connectivity index is 1.97. The van der Waals surface area contributed by atoms with E-state index in [1.807, 2.05) is 20.8 Å². The van der Waals surface area contributed by atoms with E-state index in [0.717, 1.165) is 0 Å². The monoisotopic (exact) mass is 532 g/mol. The minimum absolute atomic E-state index is 0.139. The topological polar surface area (TPSA) is 135 Å². The number of hydrogen-bond donors (Lipinski definition) is 1. The van der Waals surface area contributed by atoms with Crippen LogP contribution in [0.25, 0.3) is 0 Å². The molecule has 2 aliphatic carbocycles. The fourth-order valence-corrected chi connectivity index (χ4v) is 7.09. The zero-order valence-corrected chi connectivity index (χ0v) is 22.6. The maximum absolute atomic E-state index is 13.4. The van der Waals surface area contributed by atoms with Gasteiger partial charge in [-0.1, -0.05) is 25.1 Å². The first-order valence-corrected chi connectivity index (χ1v) is 12.9. The van der Waals surface area contributed by atoms with Gasteiger partial charge >= 0.3 is 23.9 Å². The molecule has 38 heavy (non-hydrogen) atoms. The van der Waals surface area contributed by atoms with Crippen LogP contribution in [0.1, 0.15) is 64.7 Å². The largest absolute Gasteiger partial charge is 0.465 e. The lowest BCUT2D eigenvalue weighted by atomic mass is 9.48. The molecular formula is C28H36O10. The van der Waals surface area contributed by atoms with Crippen molar-refractivity contribution < 1.29 is 48.0 Å². The Hall–Kier alpha value is -2.98. The molecule has 2 bridgehead atoms. The summed E-state index contributed by atoms with van der Waals surface area (Å²) in [5.74, 6) is -3.37. The molecule has 10 nitrogen and oxygen atoms in total. The van der Waals surface area contributed by atoms with Gasteiger partial charge in [-0.2, -0.15) is 0 Å². The molecule has 208 valence electrons. The van der Waals surface area contributed by atoms with E-state index in [2.05, 4.69) is 0 Å². The van der Waals surface area contributed by atoms with Gasteiger partial charge in [0.25, 0.3) is 0 Å². The SMILES string of the molecule is CC(=O)OC[C@@]12[C@H](OC(C)=O)[C@H](O)C[C@H](C)[C@]13OC(C)(C)[C@H](C[C@H]2OC(=O)c1ccccc1)[C@@H]3OC(C)=O. The average Bonchev–Trinajstić information content (AvgIpc) is 2.98. The van der Waals surface area contributed by atoms with Crippen LogP contribution >= 0.6 is 0 Å². The zero-order valence-electron chi connectivity index (χ0n) is 22.6. The summed E-state index contributed by atoms with van der Waals surface area (Å²) in [4.78, 5) is 50.3. The average molecular weight is 533 g/mol. The van der Waals surface area contributed by atoms with E-state index in [1.54, 1.807) is 30.3 Å². The Bertz CT molecular complexity index is 1100. The van der Waals surface area contributed by atoms with Crippen LogP contribution in [-0.4, -0.2) is 71.2 Å². The van der Waals surface area contributed by atoms with Crippen molar-refractivity contribution in [3.8, 4) is 0 Å². The van der Waals surface area contributed by atoms with E-state index in [0.29, 0.717) is 5.56 Å². The molecule has 0 unspecified atom stereocenters. The smallest absolute Gasteiger partial charge is 0.338 e. The number of benzene rings is 1. The molecule has 1 saturated heterocycles. The van der Waals surface area contributed by atoms with Crippen molar-refractivity contribution in [3.05, 3.63) is 35.9 Å². The number of carbonyl (C=O) groups excluding carboxylic acids is 4. The molecule has 1 heterocycles. The van der Waals surface area contributed by atoms with Gasteiger partial charge in [0.15, 0.2) is 0 Å². The number of hydrogen-bond acceptors (Lipinski definition) is 10. The summed E-state index contributed by atoms with van der Waals surface area (Å²) in [5, 5.41) is 11.3. The third-order valence-corrected chi connectivity index (χ3v) is 8.43. The molecule has 8 atom stereocenters. The molecule has 0 amide bonds. The molecule has 2 saturated carbocycles. The van der Waals surface area contributed by atoms with Crippen molar-refractivity contribution in [1.29, 1.82) is 0 Å². The highest BCUT2D eigenvalue weighted by Crippen LogP contribution is 2.67. The standard InChI is InChI=1S/C28H36O10/c1-15-12-21(32)24(36-18(4)31)27(14-34-16(2)29)22(37-25(33)19-10-8-7-9-11-19)13-20-23(35-17(3)30)28(15,27)38-26(20,5)6/h7-11,15,20-24,32H,12-14H2,1-6H3/t15-,20+,21+,22+,23-,24+,27+,28+/m0/s1. The van der Waals surface area contributed by atoms with E-state index in [4.69, 9.17) is 23.7 Å². The molecule has 10 heteroatoms. The van der Waals surface area contributed by atoms with E-state index < -0.39 is 83.4 Å². The van der Waals surface area contributed by atoms with Crippen LogP contribution in [0, 0.1) is 17.3 Å². The summed E-state index contributed by atoms with van der Waals surface area (Å²) in [5.41, 5.74) is -3.60. The first kappa shape index (κ1) is 28.0. The van der Waals surface area contributed by atoms with Crippen molar-refractivity contribution in [2.45, 2.75) is 90.0 Å². The Kier molecular flexibility index (Phi) is 7.35. The van der Waals surface area contributed by atoms with Gasteiger partial charge in [0.1, 0.15) is 35.9 Å². The molecule has 0 aromatic heterocycles. The maximum Gasteiger partial charge on any atom is 0.338 e. The van der Waals surface area contributed by atoms with Crippen molar-refractivity contribution in [2.75, 3.05) is 6.61 Å². The van der Waals surface area contributed by atoms with Gasteiger partial charge in [-0.25, -0.2) is 4.79 Å². The van der Waals surface area contributed by atoms with Crippen molar-refractivity contribution in [2.24, 2.45) is 17.3 Å². The number of ether oxygens (including phenoxy) is 5. The van der Waals surface area contributed by atoms with E-state index >= 15 is 0 Å². The van der Waals surface area contributed by atoms with Crippen molar-refractivity contribution in [1.82, 2.24) is 0 Å². The number of rotatable bonds is 6. The van der Waals surface area contributed by atoms with Crippen LogP contribution in [0.15, 0.2) is 30.3 Å². The second-order valence-electron chi connectivity index (χ2n) is 11.2. The fraction of sp³-hybridized carbons (Fsp3) is 0.643. The van der Waals surface area contributed by atoms with E-state index in [1.165, 1.54) is 20.8 Å². The summed E-state index contributed by atoms with van der Waals surface area (Å²) in [6.07, 6.45) is -4.09. The highest BCUT2D eigenvalue weighted by molar-refractivity contribution is 5.89. The van der Waals surface area contributed by atoms with Gasteiger partial charge in [-0.05, 0) is 44.7 Å². The Morgan fingerprint density at radius 3 is 2.11 bits per heavy atom. The minimum Gasteiger partial charge on any atom is -0.465 e. The molecule has 0 radical (unpaired) electrons. The van der Waals surface area contributed by atoms with Gasteiger partial charge < -0.3 is 28.8 Å². The highest BCUT2D eigenvalue weighted by Gasteiger charge is 2.82. The number of esters is 4. The third kappa shape index (κ3) is 4.37. The van der Waals surface area contributed by atoms with Gasteiger partial charge in [0, 0.05) is 26.7 Å². The second kappa shape index (κ2) is 9.96. The number of fused-ring (bicyclic) bond motifs is 1. The first-order chi connectivity index (χ1) is 17.8. The summed E-state index contributed by atoms with van der Waals surface area (Å²) < 4.78 is 30.3. The predicted octanol–water partition coefficient (Wildman–Crippen LogP) is 2.59. The van der Waals surface area contributed by atoms with Crippen LogP contribution in [-0.2, 0) is 38.1 Å². The predicted molar refractivity (Wildman–Crippen MR) is 132 cm³/mol. The Morgan fingerprint density at radius 1 is 0.921 bits per heavy atom. The van der Waals surface area contributed by atoms with Crippen LogP contribution in [0.2, 0.25) is 0 Å². The molecule has 1 aromatic rings. The summed E-state index contributed by atoms with van der Waals surface area (Å²) in [6, 6.07) is 8.39. The molecular weight excluding hydrogens is 496 g/mol. The van der Waals surface area contributed by atoms with E-state index in [-0.39, 0.29) is 12.8 Å². The molecule has 1 N–H and O–H groups in total. The number of aliphatic hydroxyl groups is 1. The molecule has 4 rings (SSSR count). The van der Waals surface area contributed by atoms with E-state index in [9.17, 15) is 24.3 Å². The molecule has 1 aliphatic heterocycles. The maximum atomic E-state index is 13.4. The molecule has 3 fully saturated rings. The second-order valence-corrected chi connectivity index (χ2v) is 11.2. The normalized spacial score (nSPS) is 36.9. The van der Waals surface area contributed by atoms with Crippen molar-refractivity contribution in [3.63, 3.8) is 0 Å². The lowest BCUT2D eigenvalue weighted by molar-refractivity contribution is -0.318. The van der Waals surface area contributed by atoms with Gasteiger partial charge in [-0.15, -0.1) is 0 Å². The van der Waals surface area contributed by atoms with Crippen LogP contribution < -0.4 is 0 Å². The highest BCUT2D eigenvalue weighted by atomic mass is 16.6. The zero-order chi connectivity index (χ0) is 28.0. The first-order valence-electron chi connectivity index (χ1n) is 12.9. The van der Waals surface area contributed by atoms with Crippen LogP contribution in [0.5, 0.6) is 0 Å². The van der Waals surface area contributed by atoms with Crippen LogP contribution in [0.4, 0.5) is 0 Å². The van der Waals surface area contributed by atoms with Crippen LogP contribution in [0.3, 0.4) is 0 Å². The fourth-order valence-electron chi connectivity index (χ4n) is 7.09. The third-order valence-electron chi connectivity index (χ3n) is 8.43. The summed E-state index contributed by atoms with van der Waals surface area (Å²) in [7, 11) is 0. The lowest BCUT2D eigenvalue weighted by Crippen LogP contribution is -2.78. The lowest BCUT2D eigenvalue weighted by Gasteiger charge is -2.63. The summed E-state index contributed by atoms with van der Waals surface area (Å²) in [6.45, 7) is 8.88. The molecule has 1 spiro atoms. The number of carbonyl (C=O) groups is 4. The quantitative estimate of drug-likeness (QED) is 0.430. The Morgan fingerprint density at radius 2 is 1.53 bits per heavy atom. The van der Waals surface area contributed by atoms with Gasteiger partial charge in [0.2, 0.25) is 0 Å². The summed E-state index contributed by atoms with van der Waals surface area (Å²) >= 11 is 0. The Labute approximate surface area is 221 Å². The number of aliphatic hydroxyl groups excluding tert-OH is 1. The minimum atomic E-state index is -1.60. The molecule has 1 aromatic carbocycles. The van der Waals surface area contributed by atoms with Crippen molar-refractivity contribution >= 4 is 23.9 Å².